The van der Waals surface area contributed by atoms with Crippen LogP contribution < -0.4 is 5.32 Å². The topological polar surface area (TPSA) is 41.6 Å². The van der Waals surface area contributed by atoms with E-state index in [4.69, 9.17) is 4.74 Å². The first kappa shape index (κ1) is 10.5. The van der Waals surface area contributed by atoms with Crippen LogP contribution in [0.4, 0.5) is 0 Å². The third-order valence-corrected chi connectivity index (χ3v) is 4.01. The highest BCUT2D eigenvalue weighted by atomic mass is 16.5. The number of likely N-dealkylation sites (tertiary alicyclic amines) is 1. The van der Waals surface area contributed by atoms with Crippen molar-refractivity contribution in [2.75, 3.05) is 26.3 Å². The van der Waals surface area contributed by atoms with Crippen LogP contribution in [-0.4, -0.2) is 49.2 Å². The molecule has 2 aliphatic heterocycles. The minimum Gasteiger partial charge on any atom is -0.379 e. The van der Waals surface area contributed by atoms with E-state index in [1.165, 1.54) is 12.8 Å². The Morgan fingerprint density at radius 1 is 1.38 bits per heavy atom. The summed E-state index contributed by atoms with van der Waals surface area (Å²) in [6, 6.07) is 1.19. The van der Waals surface area contributed by atoms with Crippen molar-refractivity contribution >= 4 is 5.91 Å². The summed E-state index contributed by atoms with van der Waals surface area (Å²) in [4.78, 5) is 14.5. The zero-order valence-electron chi connectivity index (χ0n) is 9.87. The Balaban J connectivity index is 1.49. The van der Waals surface area contributed by atoms with Crippen LogP contribution in [0.25, 0.3) is 0 Å². The lowest BCUT2D eigenvalue weighted by molar-refractivity contribution is -0.158. The van der Waals surface area contributed by atoms with E-state index in [0.717, 1.165) is 25.6 Å². The van der Waals surface area contributed by atoms with E-state index in [0.29, 0.717) is 19.3 Å². The fraction of sp³-hybridized carbons (Fsp3) is 0.917. The van der Waals surface area contributed by atoms with Crippen LogP contribution in [0.5, 0.6) is 0 Å². The van der Waals surface area contributed by atoms with Crippen molar-refractivity contribution in [2.24, 2.45) is 5.41 Å². The molecule has 1 saturated carbocycles. The molecule has 2 saturated heterocycles. The molecular weight excluding hydrogens is 204 g/mol. The molecule has 4 heteroatoms. The van der Waals surface area contributed by atoms with Gasteiger partial charge in [0.2, 0.25) is 5.91 Å². The van der Waals surface area contributed by atoms with Gasteiger partial charge in [-0.1, -0.05) is 0 Å². The van der Waals surface area contributed by atoms with E-state index in [1.54, 1.807) is 0 Å². The van der Waals surface area contributed by atoms with Crippen molar-refractivity contribution in [3.8, 4) is 0 Å². The zero-order chi connectivity index (χ0) is 11.2. The number of hydrogen-bond acceptors (Lipinski definition) is 3. The van der Waals surface area contributed by atoms with Crippen LogP contribution in [0, 0.1) is 5.41 Å². The summed E-state index contributed by atoms with van der Waals surface area (Å²) in [6.07, 6.45) is 3.82. The van der Waals surface area contributed by atoms with Gasteiger partial charge in [0.05, 0.1) is 18.6 Å². The van der Waals surface area contributed by atoms with Gasteiger partial charge >= 0.3 is 0 Å². The second kappa shape index (κ2) is 3.70. The van der Waals surface area contributed by atoms with Gasteiger partial charge in [0.25, 0.3) is 0 Å². The van der Waals surface area contributed by atoms with E-state index in [2.05, 4.69) is 10.2 Å². The van der Waals surface area contributed by atoms with Crippen molar-refractivity contribution in [2.45, 2.75) is 38.3 Å². The van der Waals surface area contributed by atoms with Gasteiger partial charge in [-0.3, -0.25) is 9.69 Å². The first-order valence-electron chi connectivity index (χ1n) is 6.30. The van der Waals surface area contributed by atoms with E-state index in [-0.39, 0.29) is 11.3 Å². The van der Waals surface area contributed by atoms with Crippen LogP contribution in [0.1, 0.15) is 26.2 Å². The summed E-state index contributed by atoms with van der Waals surface area (Å²) in [5.41, 5.74) is -0.257. The van der Waals surface area contributed by atoms with Crippen LogP contribution in [0.15, 0.2) is 0 Å². The Morgan fingerprint density at radius 2 is 2.12 bits per heavy atom. The molecule has 0 spiro atoms. The molecule has 90 valence electrons. The predicted molar refractivity (Wildman–Crippen MR) is 60.1 cm³/mol. The predicted octanol–water partition coefficient (Wildman–Crippen LogP) is 0.376. The lowest BCUT2D eigenvalue weighted by Gasteiger charge is -2.37. The number of amides is 1. The molecule has 0 bridgehead atoms. The van der Waals surface area contributed by atoms with Gasteiger partial charge < -0.3 is 10.1 Å². The van der Waals surface area contributed by atoms with Gasteiger partial charge in [0.15, 0.2) is 0 Å². The fourth-order valence-corrected chi connectivity index (χ4v) is 2.58. The molecule has 1 N–H and O–H groups in total. The maximum atomic E-state index is 12.0. The lowest BCUT2D eigenvalue weighted by Crippen LogP contribution is -2.54. The number of carbonyl (C=O) groups is 1. The van der Waals surface area contributed by atoms with Crippen molar-refractivity contribution in [1.82, 2.24) is 10.2 Å². The fourth-order valence-electron chi connectivity index (χ4n) is 2.58. The maximum absolute atomic E-state index is 12.0. The number of ether oxygens (including phenoxy) is 1. The molecule has 0 aromatic rings. The van der Waals surface area contributed by atoms with Crippen molar-refractivity contribution in [1.29, 1.82) is 0 Å². The number of rotatable bonds is 3. The first-order valence-corrected chi connectivity index (χ1v) is 6.30. The van der Waals surface area contributed by atoms with Gasteiger partial charge in [-0.2, -0.15) is 0 Å². The number of carbonyl (C=O) groups excluding carboxylic acids is 1. The molecule has 4 nitrogen and oxygen atoms in total. The lowest BCUT2D eigenvalue weighted by atomic mass is 9.87. The molecule has 2 heterocycles. The molecule has 1 atom stereocenters. The van der Waals surface area contributed by atoms with Gasteiger partial charge in [0.1, 0.15) is 0 Å². The molecule has 0 radical (unpaired) electrons. The highest BCUT2D eigenvalue weighted by Crippen LogP contribution is 2.31. The molecule has 1 amide bonds. The van der Waals surface area contributed by atoms with Gasteiger partial charge in [-0.15, -0.1) is 0 Å². The molecule has 3 aliphatic rings. The average Bonchev–Trinajstić information content (AvgIpc) is 2.97. The Kier molecular flexibility index (Phi) is 2.44. The SMILES string of the molecule is CC1(C(=O)N[C@H]2CCN(C3CC3)C2)COC1. The van der Waals surface area contributed by atoms with Crippen LogP contribution in [0.3, 0.4) is 0 Å². The number of nitrogens with one attached hydrogen (secondary N) is 1. The van der Waals surface area contributed by atoms with Crippen LogP contribution in [-0.2, 0) is 9.53 Å². The second-order valence-corrected chi connectivity index (χ2v) is 5.74. The molecular formula is C12H20N2O2. The van der Waals surface area contributed by atoms with Gasteiger partial charge in [-0.05, 0) is 26.2 Å². The highest BCUT2D eigenvalue weighted by Gasteiger charge is 2.43. The van der Waals surface area contributed by atoms with Gasteiger partial charge in [-0.25, -0.2) is 0 Å². The Hall–Kier alpha value is -0.610. The summed E-state index contributed by atoms with van der Waals surface area (Å²) >= 11 is 0. The second-order valence-electron chi connectivity index (χ2n) is 5.74. The monoisotopic (exact) mass is 224 g/mol. The van der Waals surface area contributed by atoms with Crippen LogP contribution >= 0.6 is 0 Å². The summed E-state index contributed by atoms with van der Waals surface area (Å²) in [6.45, 7) is 5.35. The minimum absolute atomic E-state index is 0.182. The molecule has 0 aromatic heterocycles. The normalized spacial score (nSPS) is 33.4. The molecule has 3 fully saturated rings. The average molecular weight is 224 g/mol. The Labute approximate surface area is 96.3 Å². The Bertz CT molecular complexity index is 297. The summed E-state index contributed by atoms with van der Waals surface area (Å²) in [7, 11) is 0. The molecule has 3 rings (SSSR count). The molecule has 0 unspecified atom stereocenters. The maximum Gasteiger partial charge on any atom is 0.230 e. The quantitative estimate of drug-likeness (QED) is 0.753. The van der Waals surface area contributed by atoms with E-state index in [9.17, 15) is 4.79 Å². The largest absolute Gasteiger partial charge is 0.379 e. The summed E-state index contributed by atoms with van der Waals surface area (Å²) in [5.74, 6) is 0.182. The van der Waals surface area contributed by atoms with Crippen molar-refractivity contribution in [3.05, 3.63) is 0 Å². The third kappa shape index (κ3) is 1.84. The van der Waals surface area contributed by atoms with Crippen molar-refractivity contribution in [3.63, 3.8) is 0 Å². The Morgan fingerprint density at radius 3 is 2.69 bits per heavy atom. The smallest absolute Gasteiger partial charge is 0.230 e. The standard InChI is InChI=1S/C12H20N2O2/c1-12(7-16-8-12)11(15)13-9-4-5-14(6-9)10-2-3-10/h9-10H,2-8H2,1H3,(H,13,15)/t9-/m0/s1. The highest BCUT2D eigenvalue weighted by molar-refractivity contribution is 5.83. The number of hydrogen-bond donors (Lipinski definition) is 1. The summed E-state index contributed by atoms with van der Waals surface area (Å²) in [5, 5.41) is 3.17. The van der Waals surface area contributed by atoms with Crippen LogP contribution in [0.2, 0.25) is 0 Å². The molecule has 0 aromatic carbocycles. The summed E-state index contributed by atoms with van der Waals surface area (Å²) < 4.78 is 5.12. The number of nitrogens with zero attached hydrogens (tertiary/aromatic N) is 1. The zero-order valence-corrected chi connectivity index (χ0v) is 9.87. The molecule has 1 aliphatic carbocycles. The minimum atomic E-state index is -0.257. The van der Waals surface area contributed by atoms with E-state index >= 15 is 0 Å². The van der Waals surface area contributed by atoms with Crippen molar-refractivity contribution < 1.29 is 9.53 Å². The van der Waals surface area contributed by atoms with E-state index < -0.39 is 0 Å². The molecule has 16 heavy (non-hydrogen) atoms. The third-order valence-electron chi connectivity index (χ3n) is 4.01. The van der Waals surface area contributed by atoms with Gasteiger partial charge in [0, 0.05) is 25.2 Å². The van der Waals surface area contributed by atoms with E-state index in [1.807, 2.05) is 6.92 Å². The first-order chi connectivity index (χ1) is 7.67.